The first-order valence-corrected chi connectivity index (χ1v) is 9.14. The van der Waals surface area contributed by atoms with Gasteiger partial charge in [0, 0.05) is 18.1 Å². The Kier molecular flexibility index (Phi) is 4.67. The monoisotopic (exact) mass is 362 g/mol. The Labute approximate surface area is 158 Å². The van der Waals surface area contributed by atoms with E-state index < -0.39 is 0 Å². The molecule has 2 heterocycles. The topological polar surface area (TPSA) is 53.4 Å². The number of hydrogen-bond acceptors (Lipinski definition) is 4. The van der Waals surface area contributed by atoms with E-state index in [9.17, 15) is 4.79 Å². The molecule has 4 rings (SSSR count). The summed E-state index contributed by atoms with van der Waals surface area (Å²) >= 11 is 0. The third-order valence-corrected chi connectivity index (χ3v) is 4.52. The van der Waals surface area contributed by atoms with Crippen LogP contribution in [-0.2, 0) is 6.54 Å². The number of benzene rings is 2. The minimum atomic E-state index is -0.118. The summed E-state index contributed by atoms with van der Waals surface area (Å²) in [5.74, 6) is 1.47. The zero-order valence-electron chi connectivity index (χ0n) is 15.6. The molecule has 1 aliphatic heterocycles. The van der Waals surface area contributed by atoms with Crippen molar-refractivity contribution in [3.63, 3.8) is 0 Å². The van der Waals surface area contributed by atoms with E-state index in [1.54, 1.807) is 12.1 Å². The van der Waals surface area contributed by atoms with Crippen LogP contribution >= 0.6 is 0 Å². The third kappa shape index (κ3) is 3.87. The fourth-order valence-electron chi connectivity index (χ4n) is 3.37. The average molecular weight is 362 g/mol. The summed E-state index contributed by atoms with van der Waals surface area (Å²) in [6, 6.07) is 15.4. The van der Waals surface area contributed by atoms with Crippen molar-refractivity contribution in [3.8, 4) is 22.8 Å². The summed E-state index contributed by atoms with van der Waals surface area (Å²) in [4.78, 5) is 12.3. The van der Waals surface area contributed by atoms with E-state index in [1.807, 2.05) is 18.2 Å². The van der Waals surface area contributed by atoms with Gasteiger partial charge in [-0.05, 0) is 43.7 Å². The van der Waals surface area contributed by atoms with Crippen LogP contribution < -0.4 is 15.0 Å². The maximum atomic E-state index is 12.3. The number of nitrogens with zero attached hydrogens (tertiary/aromatic N) is 2. The number of hydrogen-bond donors (Lipinski definition) is 0. The maximum Gasteiger partial charge on any atom is 0.267 e. The molecule has 5 heteroatoms. The quantitative estimate of drug-likeness (QED) is 0.712. The van der Waals surface area contributed by atoms with E-state index in [4.69, 9.17) is 9.47 Å². The van der Waals surface area contributed by atoms with Crippen LogP contribution in [0, 0.1) is 13.8 Å². The van der Waals surface area contributed by atoms with Crippen LogP contribution in [0.3, 0.4) is 0 Å². The van der Waals surface area contributed by atoms with Crippen LogP contribution in [0.5, 0.6) is 11.5 Å². The molecule has 0 radical (unpaired) electrons. The molecule has 1 aliphatic rings. The number of rotatable bonds is 3. The van der Waals surface area contributed by atoms with Crippen molar-refractivity contribution in [1.82, 2.24) is 9.78 Å². The molecule has 0 saturated heterocycles. The Balaban J connectivity index is 1.68. The molecule has 0 fully saturated rings. The molecular formula is C22H22N2O3. The summed E-state index contributed by atoms with van der Waals surface area (Å²) in [7, 11) is 0. The Morgan fingerprint density at radius 3 is 2.44 bits per heavy atom. The average Bonchev–Trinajstić information content (AvgIpc) is 2.87. The molecular weight excluding hydrogens is 340 g/mol. The van der Waals surface area contributed by atoms with Gasteiger partial charge in [0.05, 0.1) is 25.5 Å². The molecule has 2 aromatic carbocycles. The first-order chi connectivity index (χ1) is 13.1. The van der Waals surface area contributed by atoms with Crippen molar-refractivity contribution >= 4 is 0 Å². The van der Waals surface area contributed by atoms with Crippen molar-refractivity contribution < 1.29 is 9.47 Å². The predicted octanol–water partition coefficient (Wildman–Crippen LogP) is 3.74. The number of aromatic nitrogens is 2. The molecule has 1 aromatic heterocycles. The Hall–Kier alpha value is -3.08. The molecule has 0 unspecified atom stereocenters. The lowest BCUT2D eigenvalue weighted by Gasteiger charge is -2.11. The van der Waals surface area contributed by atoms with E-state index in [1.165, 1.54) is 15.8 Å². The lowest BCUT2D eigenvalue weighted by atomic mass is 10.1. The van der Waals surface area contributed by atoms with Crippen LogP contribution in [0.2, 0.25) is 0 Å². The van der Waals surface area contributed by atoms with Crippen molar-refractivity contribution in [2.75, 3.05) is 13.2 Å². The van der Waals surface area contributed by atoms with Crippen molar-refractivity contribution in [3.05, 3.63) is 75.6 Å². The molecule has 0 spiro atoms. The highest BCUT2D eigenvalue weighted by molar-refractivity contribution is 5.63. The van der Waals surface area contributed by atoms with Gasteiger partial charge in [-0.15, -0.1) is 0 Å². The molecule has 5 nitrogen and oxygen atoms in total. The first kappa shape index (κ1) is 17.3. The number of aryl methyl sites for hydroxylation is 2. The van der Waals surface area contributed by atoms with Crippen LogP contribution in [0.25, 0.3) is 11.3 Å². The third-order valence-electron chi connectivity index (χ3n) is 4.52. The summed E-state index contributed by atoms with van der Waals surface area (Å²) in [5, 5.41) is 4.58. The molecule has 0 atom stereocenters. The van der Waals surface area contributed by atoms with Crippen LogP contribution in [0.1, 0.15) is 23.1 Å². The van der Waals surface area contributed by atoms with Gasteiger partial charge in [-0.2, -0.15) is 5.10 Å². The van der Waals surface area contributed by atoms with Gasteiger partial charge >= 0.3 is 0 Å². The lowest BCUT2D eigenvalue weighted by Crippen LogP contribution is -2.22. The van der Waals surface area contributed by atoms with E-state index in [2.05, 4.69) is 37.1 Å². The fourth-order valence-corrected chi connectivity index (χ4v) is 3.37. The molecule has 0 N–H and O–H groups in total. The zero-order chi connectivity index (χ0) is 18.8. The summed E-state index contributed by atoms with van der Waals surface area (Å²) in [5.41, 5.74) is 4.93. The van der Waals surface area contributed by atoms with Crippen molar-refractivity contribution in [1.29, 1.82) is 0 Å². The second-order valence-corrected chi connectivity index (χ2v) is 6.92. The van der Waals surface area contributed by atoms with Crippen molar-refractivity contribution in [2.24, 2.45) is 0 Å². The van der Waals surface area contributed by atoms with E-state index in [0.29, 0.717) is 19.8 Å². The molecule has 27 heavy (non-hydrogen) atoms. The maximum absolute atomic E-state index is 12.3. The van der Waals surface area contributed by atoms with Gasteiger partial charge in [-0.25, -0.2) is 4.68 Å². The normalized spacial score (nSPS) is 13.3. The molecule has 0 bridgehead atoms. The van der Waals surface area contributed by atoms with Gasteiger partial charge in [-0.3, -0.25) is 4.79 Å². The number of fused-ring (bicyclic) bond motifs is 1. The van der Waals surface area contributed by atoms with Gasteiger partial charge in [0.25, 0.3) is 5.56 Å². The number of ether oxygens (including phenoxy) is 2. The van der Waals surface area contributed by atoms with Gasteiger partial charge in [0.15, 0.2) is 11.5 Å². The second-order valence-electron chi connectivity index (χ2n) is 6.92. The molecule has 0 amide bonds. The lowest BCUT2D eigenvalue weighted by molar-refractivity contribution is 0.297. The summed E-state index contributed by atoms with van der Waals surface area (Å²) in [6.07, 6.45) is 0.864. The van der Waals surface area contributed by atoms with Gasteiger partial charge < -0.3 is 9.47 Å². The molecule has 0 aliphatic carbocycles. The fraction of sp³-hybridized carbons (Fsp3) is 0.273. The van der Waals surface area contributed by atoms with Crippen molar-refractivity contribution in [2.45, 2.75) is 26.8 Å². The van der Waals surface area contributed by atoms with E-state index >= 15 is 0 Å². The molecule has 138 valence electrons. The SMILES string of the molecule is Cc1cc(C)cc(Cn2nc(-c3ccc4c(c3)OCCCO4)ccc2=O)c1. The van der Waals surface area contributed by atoms with Gasteiger partial charge in [0.2, 0.25) is 0 Å². The zero-order valence-corrected chi connectivity index (χ0v) is 15.6. The summed E-state index contributed by atoms with van der Waals surface area (Å²) < 4.78 is 13.0. The second kappa shape index (κ2) is 7.27. The standard InChI is InChI=1S/C22H22N2O3/c1-15-10-16(2)12-17(11-15)14-24-22(25)7-5-19(23-24)18-4-6-20-21(13-18)27-9-3-8-26-20/h4-7,10-13H,3,8-9,14H2,1-2H3. The Bertz CT molecular complexity index is 1020. The summed E-state index contributed by atoms with van der Waals surface area (Å²) in [6.45, 7) is 5.85. The van der Waals surface area contributed by atoms with Crippen LogP contribution in [0.15, 0.2) is 53.3 Å². The highest BCUT2D eigenvalue weighted by Gasteiger charge is 2.13. The van der Waals surface area contributed by atoms with E-state index in [-0.39, 0.29) is 5.56 Å². The Morgan fingerprint density at radius 1 is 0.926 bits per heavy atom. The minimum absolute atomic E-state index is 0.118. The first-order valence-electron chi connectivity index (χ1n) is 9.14. The smallest absolute Gasteiger partial charge is 0.267 e. The molecule has 0 saturated carbocycles. The highest BCUT2D eigenvalue weighted by Crippen LogP contribution is 2.33. The Morgan fingerprint density at radius 2 is 1.67 bits per heavy atom. The van der Waals surface area contributed by atoms with Crippen LogP contribution in [-0.4, -0.2) is 23.0 Å². The minimum Gasteiger partial charge on any atom is -0.490 e. The van der Waals surface area contributed by atoms with Crippen LogP contribution in [0.4, 0.5) is 0 Å². The van der Waals surface area contributed by atoms with E-state index in [0.717, 1.165) is 34.7 Å². The largest absolute Gasteiger partial charge is 0.490 e. The van der Waals surface area contributed by atoms with Gasteiger partial charge in [-0.1, -0.05) is 29.3 Å². The predicted molar refractivity (Wildman–Crippen MR) is 105 cm³/mol. The molecule has 3 aromatic rings. The highest BCUT2D eigenvalue weighted by atomic mass is 16.5. The van der Waals surface area contributed by atoms with Gasteiger partial charge in [0.1, 0.15) is 0 Å².